The highest BCUT2D eigenvalue weighted by molar-refractivity contribution is 5.48. The zero-order valence-electron chi connectivity index (χ0n) is 25.7. The lowest BCUT2D eigenvalue weighted by molar-refractivity contribution is -0.0364. The lowest BCUT2D eigenvalue weighted by Gasteiger charge is -2.59. The van der Waals surface area contributed by atoms with Crippen molar-refractivity contribution in [3.05, 3.63) is 46.6 Å². The fraction of sp³-hybridized carbons (Fsp3) is 0.789. The van der Waals surface area contributed by atoms with E-state index in [1.54, 1.807) is 22.3 Å². The molecule has 2 heteroatoms. The molecule has 0 spiro atoms. The van der Waals surface area contributed by atoms with E-state index >= 15 is 0 Å². The minimum absolute atomic E-state index is 0.110. The molecule has 0 unspecified atom stereocenters. The molecule has 8 rings (SSSR count). The fourth-order valence-electron chi connectivity index (χ4n) is 13.3. The van der Waals surface area contributed by atoms with Gasteiger partial charge in [0.15, 0.2) is 0 Å². The Balaban J connectivity index is 1.06. The molecule has 4 saturated carbocycles. The van der Waals surface area contributed by atoms with Crippen molar-refractivity contribution in [2.75, 3.05) is 0 Å². The number of hydrogen-bond acceptors (Lipinski definition) is 2. The summed E-state index contributed by atoms with van der Waals surface area (Å²) in [6.07, 6.45) is 27.2. The summed E-state index contributed by atoms with van der Waals surface area (Å²) < 4.78 is 0. The predicted octanol–water partition coefficient (Wildman–Crippen LogP) is 8.71. The van der Waals surface area contributed by atoms with Crippen LogP contribution >= 0.6 is 0 Å². The van der Waals surface area contributed by atoms with Crippen LogP contribution in [-0.2, 0) is 0 Å². The maximum atomic E-state index is 10.4. The Kier molecular flexibility index (Phi) is 5.78. The quantitative estimate of drug-likeness (QED) is 0.325. The molecule has 218 valence electrons. The molecule has 0 aliphatic heterocycles. The van der Waals surface area contributed by atoms with Gasteiger partial charge in [-0.05, 0) is 158 Å². The molecule has 0 radical (unpaired) electrons. The Morgan fingerprint density at radius 2 is 0.900 bits per heavy atom. The van der Waals surface area contributed by atoms with Crippen LogP contribution in [-0.4, -0.2) is 22.4 Å². The van der Waals surface area contributed by atoms with Gasteiger partial charge in [-0.2, -0.15) is 0 Å². The van der Waals surface area contributed by atoms with Crippen molar-refractivity contribution in [3.8, 4) is 0 Å². The van der Waals surface area contributed by atoms with Gasteiger partial charge in [0, 0.05) is 0 Å². The Hall–Kier alpha value is -1.12. The van der Waals surface area contributed by atoms with Crippen LogP contribution in [0.5, 0.6) is 0 Å². The smallest absolute Gasteiger partial charge is 0.0577 e. The Labute approximate surface area is 243 Å². The molecule has 2 N–H and O–H groups in total. The number of rotatable bonds is 1. The summed E-state index contributed by atoms with van der Waals surface area (Å²) in [5.41, 5.74) is 8.07. The van der Waals surface area contributed by atoms with Crippen LogP contribution in [0, 0.1) is 57.2 Å². The van der Waals surface area contributed by atoms with Gasteiger partial charge in [0.25, 0.3) is 0 Å². The van der Waals surface area contributed by atoms with Gasteiger partial charge in [0.2, 0.25) is 0 Å². The molecular weight excluding hydrogens is 488 g/mol. The van der Waals surface area contributed by atoms with Crippen LogP contribution in [0.1, 0.15) is 118 Å². The third-order valence-electron chi connectivity index (χ3n) is 15.6. The Bertz CT molecular complexity index is 1130. The normalized spacial score (nSPS) is 54.9. The number of hydrogen-bond donors (Lipinski definition) is 2. The highest BCUT2D eigenvalue weighted by Crippen LogP contribution is 2.70. The van der Waals surface area contributed by atoms with Crippen LogP contribution in [0.25, 0.3) is 0 Å². The predicted molar refractivity (Wildman–Crippen MR) is 162 cm³/mol. The van der Waals surface area contributed by atoms with Gasteiger partial charge in [0.05, 0.1) is 12.2 Å². The molecule has 0 aromatic carbocycles. The van der Waals surface area contributed by atoms with E-state index in [1.807, 2.05) is 0 Å². The van der Waals surface area contributed by atoms with E-state index in [1.165, 1.54) is 64.2 Å². The summed E-state index contributed by atoms with van der Waals surface area (Å²) in [6, 6.07) is 0. The molecule has 40 heavy (non-hydrogen) atoms. The van der Waals surface area contributed by atoms with E-state index in [2.05, 4.69) is 52.0 Å². The van der Waals surface area contributed by atoms with E-state index in [0.29, 0.717) is 21.7 Å². The highest BCUT2D eigenvalue weighted by Gasteiger charge is 2.61. The van der Waals surface area contributed by atoms with Gasteiger partial charge in [-0.15, -0.1) is 0 Å². The second kappa shape index (κ2) is 8.72. The molecule has 0 saturated heterocycles. The average Bonchev–Trinajstić information content (AvgIpc) is 3.45. The molecular formula is C38H54O2. The lowest BCUT2D eigenvalue weighted by atomic mass is 9.45. The van der Waals surface area contributed by atoms with Gasteiger partial charge in [-0.3, -0.25) is 0 Å². The van der Waals surface area contributed by atoms with Crippen molar-refractivity contribution >= 4 is 0 Å². The first kappa shape index (κ1) is 26.5. The van der Waals surface area contributed by atoms with Crippen LogP contribution in [0.3, 0.4) is 0 Å². The van der Waals surface area contributed by atoms with Gasteiger partial charge in [-0.1, -0.05) is 63.1 Å². The second-order valence-electron chi connectivity index (χ2n) is 16.9. The molecule has 0 aromatic rings. The van der Waals surface area contributed by atoms with E-state index in [0.717, 1.165) is 61.2 Å². The zero-order valence-corrected chi connectivity index (χ0v) is 25.7. The van der Waals surface area contributed by atoms with Gasteiger partial charge >= 0.3 is 0 Å². The molecule has 8 aliphatic rings. The number of aliphatic hydroxyl groups excluding tert-OH is 2. The second-order valence-corrected chi connectivity index (χ2v) is 16.9. The maximum absolute atomic E-state index is 10.4. The molecule has 4 fully saturated rings. The highest BCUT2D eigenvalue weighted by atomic mass is 16.3. The molecule has 8 aliphatic carbocycles. The summed E-state index contributed by atoms with van der Waals surface area (Å²) >= 11 is 0. The number of allylic oxidation sites excluding steroid dienone is 6. The van der Waals surface area contributed by atoms with Crippen molar-refractivity contribution < 1.29 is 10.2 Å². The molecule has 0 heterocycles. The fourth-order valence-corrected chi connectivity index (χ4v) is 13.3. The minimum atomic E-state index is -0.110. The average molecular weight is 543 g/mol. The van der Waals surface area contributed by atoms with Crippen LogP contribution in [0.4, 0.5) is 0 Å². The number of aliphatic hydroxyl groups is 2. The van der Waals surface area contributed by atoms with Crippen LogP contribution in [0.15, 0.2) is 46.6 Å². The maximum Gasteiger partial charge on any atom is 0.0577 e. The summed E-state index contributed by atoms with van der Waals surface area (Å²) in [5, 5.41) is 20.8. The monoisotopic (exact) mass is 542 g/mol. The summed E-state index contributed by atoms with van der Waals surface area (Å²) in [6.45, 7) is 10.5. The van der Waals surface area contributed by atoms with Gasteiger partial charge < -0.3 is 10.2 Å². The van der Waals surface area contributed by atoms with Crippen molar-refractivity contribution in [2.24, 2.45) is 57.2 Å². The first-order valence-electron chi connectivity index (χ1n) is 17.2. The van der Waals surface area contributed by atoms with E-state index < -0.39 is 0 Å². The molecule has 0 amide bonds. The van der Waals surface area contributed by atoms with E-state index in [-0.39, 0.29) is 12.2 Å². The summed E-state index contributed by atoms with van der Waals surface area (Å²) in [7, 11) is 0. The first-order chi connectivity index (χ1) is 19.1. The van der Waals surface area contributed by atoms with Gasteiger partial charge in [0.1, 0.15) is 0 Å². The van der Waals surface area contributed by atoms with Crippen LogP contribution in [0.2, 0.25) is 0 Å². The third-order valence-corrected chi connectivity index (χ3v) is 15.6. The van der Waals surface area contributed by atoms with Crippen LogP contribution < -0.4 is 0 Å². The van der Waals surface area contributed by atoms with Gasteiger partial charge in [-0.25, -0.2) is 0 Å². The molecule has 12 atom stereocenters. The largest absolute Gasteiger partial charge is 0.393 e. The molecule has 2 nitrogen and oxygen atoms in total. The van der Waals surface area contributed by atoms with Crippen molar-refractivity contribution in [2.45, 2.75) is 130 Å². The standard InChI is InChI=1S/C38H54O2/c1-35-17-13-25(39)21-23(35)5-7-27-29-9-11-33(37(29,3)19-15-31(27)35)34-12-10-30-28-8-6-24-22-26(40)14-18-36(24,2)32(28)16-20-38(30,34)4/h5-6,11-12,25-32,39-40H,7-10,13-22H2,1-4H3/t25-,26-,27-,28-,29-,30-,31-,32-,35-,36-,37-,38-/m0/s1. The molecule has 0 bridgehead atoms. The Morgan fingerprint density at radius 1 is 0.500 bits per heavy atom. The lowest BCUT2D eigenvalue weighted by Crippen LogP contribution is -2.51. The van der Waals surface area contributed by atoms with E-state index in [9.17, 15) is 10.2 Å². The SMILES string of the molecule is C[C@]12CC[C@H](O)CC1=CC[C@@H]1[C@@H]2CC[C@]2(C)C(C3=CC[C@H]4[C@@H]5CC=C6C[C@@H](O)CC[C@]6(C)[C@H]5CC[C@]34C)=CC[C@@H]12. The first-order valence-corrected chi connectivity index (χ1v) is 17.2. The third kappa shape index (κ3) is 3.36. The summed E-state index contributed by atoms with van der Waals surface area (Å²) in [5.74, 6) is 4.80. The number of fused-ring (bicyclic) bond motifs is 10. The van der Waals surface area contributed by atoms with Crippen molar-refractivity contribution in [1.82, 2.24) is 0 Å². The minimum Gasteiger partial charge on any atom is -0.393 e. The summed E-state index contributed by atoms with van der Waals surface area (Å²) in [4.78, 5) is 0. The van der Waals surface area contributed by atoms with Crippen molar-refractivity contribution in [1.29, 1.82) is 0 Å². The topological polar surface area (TPSA) is 40.5 Å². The Morgan fingerprint density at radius 3 is 1.32 bits per heavy atom. The zero-order chi connectivity index (χ0) is 27.7. The van der Waals surface area contributed by atoms with Crippen molar-refractivity contribution in [3.63, 3.8) is 0 Å². The van der Waals surface area contributed by atoms with E-state index in [4.69, 9.17) is 0 Å². The molecule has 0 aromatic heterocycles.